The van der Waals surface area contributed by atoms with Crippen molar-refractivity contribution in [2.24, 2.45) is 0 Å². The van der Waals surface area contributed by atoms with Crippen LogP contribution in [0.3, 0.4) is 0 Å². The molecule has 1 amide bonds. The van der Waals surface area contributed by atoms with Crippen molar-refractivity contribution in [2.75, 3.05) is 27.9 Å². The van der Waals surface area contributed by atoms with E-state index in [9.17, 15) is 4.79 Å². The van der Waals surface area contributed by atoms with Crippen molar-refractivity contribution in [2.45, 2.75) is 44.6 Å². The Morgan fingerprint density at radius 1 is 0.767 bits per heavy atom. The lowest BCUT2D eigenvalue weighted by molar-refractivity contribution is -0.0108. The Morgan fingerprint density at radius 2 is 1.28 bits per heavy atom. The quantitative estimate of drug-likeness (QED) is 0.172. The molecular weight excluding hydrogens is 554 g/mol. The number of nitrogens with zero attached hydrogens (tertiary/aromatic N) is 1. The fraction of sp³-hybridized carbons (Fsp3) is 0.306. The zero-order valence-electron chi connectivity index (χ0n) is 26.0. The maximum Gasteiger partial charge on any atom is 0.410 e. The summed E-state index contributed by atoms with van der Waals surface area (Å²) >= 11 is 0. The van der Waals surface area contributed by atoms with Crippen LogP contribution in [0.2, 0.25) is 5.04 Å². The SMILES string of the molecule is COc1ccc([C@H]([C@@H](CO[Si](c2ccccc2)(c2ccccc2)C(C)(C)C)OC)N(C)C(=O)OCc2ccccc2)cc1. The van der Waals surface area contributed by atoms with Crippen molar-refractivity contribution in [3.05, 3.63) is 126 Å². The maximum atomic E-state index is 13.5. The molecule has 6 nitrogen and oxygen atoms in total. The van der Waals surface area contributed by atoms with Gasteiger partial charge in [0.25, 0.3) is 8.32 Å². The zero-order valence-corrected chi connectivity index (χ0v) is 27.0. The van der Waals surface area contributed by atoms with E-state index in [1.165, 1.54) is 10.4 Å². The van der Waals surface area contributed by atoms with E-state index in [-0.39, 0.29) is 18.3 Å². The highest BCUT2D eigenvalue weighted by atomic mass is 28.4. The van der Waals surface area contributed by atoms with Crippen molar-refractivity contribution < 1.29 is 23.4 Å². The molecule has 0 aliphatic heterocycles. The van der Waals surface area contributed by atoms with Crippen LogP contribution >= 0.6 is 0 Å². The Balaban J connectivity index is 1.70. The highest BCUT2D eigenvalue weighted by molar-refractivity contribution is 6.99. The van der Waals surface area contributed by atoms with Crippen molar-refractivity contribution in [1.29, 1.82) is 0 Å². The number of carbonyl (C=O) groups excluding carboxylic acids is 1. The number of rotatable bonds is 12. The average Bonchev–Trinajstić information content (AvgIpc) is 3.04. The average molecular weight is 598 g/mol. The fourth-order valence-corrected chi connectivity index (χ4v) is 10.2. The highest BCUT2D eigenvalue weighted by Gasteiger charge is 2.51. The zero-order chi connectivity index (χ0) is 30.9. The van der Waals surface area contributed by atoms with Crippen LogP contribution in [0.5, 0.6) is 5.75 Å². The van der Waals surface area contributed by atoms with Crippen molar-refractivity contribution >= 4 is 24.8 Å². The molecule has 4 aromatic carbocycles. The van der Waals surface area contributed by atoms with Gasteiger partial charge >= 0.3 is 6.09 Å². The lowest BCUT2D eigenvalue weighted by atomic mass is 10.0. The molecule has 0 spiro atoms. The molecule has 4 aromatic rings. The maximum absolute atomic E-state index is 13.5. The van der Waals surface area contributed by atoms with E-state index in [0.717, 1.165) is 16.9 Å². The summed E-state index contributed by atoms with van der Waals surface area (Å²) in [6, 6.07) is 37.9. The van der Waals surface area contributed by atoms with Crippen molar-refractivity contribution in [3.63, 3.8) is 0 Å². The van der Waals surface area contributed by atoms with Gasteiger partial charge in [-0.2, -0.15) is 0 Å². The summed E-state index contributed by atoms with van der Waals surface area (Å²) in [5.74, 6) is 0.731. The van der Waals surface area contributed by atoms with Gasteiger partial charge in [-0.1, -0.05) is 124 Å². The Morgan fingerprint density at radius 3 is 1.74 bits per heavy atom. The first-order chi connectivity index (χ1) is 20.7. The number of hydrogen-bond donors (Lipinski definition) is 0. The summed E-state index contributed by atoms with van der Waals surface area (Å²) in [4.78, 5) is 15.1. The van der Waals surface area contributed by atoms with E-state index < -0.39 is 26.6 Å². The lowest BCUT2D eigenvalue weighted by Gasteiger charge is -2.44. The predicted molar refractivity (Wildman–Crippen MR) is 174 cm³/mol. The second-order valence-corrected chi connectivity index (χ2v) is 15.9. The lowest BCUT2D eigenvalue weighted by Crippen LogP contribution is -2.67. The minimum Gasteiger partial charge on any atom is -0.497 e. The highest BCUT2D eigenvalue weighted by Crippen LogP contribution is 2.38. The number of amides is 1. The van der Waals surface area contributed by atoms with Crippen LogP contribution in [0.25, 0.3) is 0 Å². The first-order valence-corrected chi connectivity index (χ1v) is 16.5. The van der Waals surface area contributed by atoms with Gasteiger partial charge in [0.05, 0.1) is 19.8 Å². The number of likely N-dealkylation sites (N-methyl/N-ethyl adjacent to an activating group) is 1. The smallest absolute Gasteiger partial charge is 0.410 e. The van der Waals surface area contributed by atoms with Gasteiger partial charge in [0.15, 0.2) is 0 Å². The molecule has 0 aliphatic rings. The molecule has 4 rings (SSSR count). The van der Waals surface area contributed by atoms with E-state index >= 15 is 0 Å². The molecular formula is C36H43NO5Si. The molecule has 7 heteroatoms. The second kappa shape index (κ2) is 14.5. The standard InChI is InChI=1S/C36H43NO5Si/c1-36(2,3)43(31-18-12-8-13-19-31,32-20-14-9-15-21-32)42-27-33(40-6)34(29-22-24-30(39-5)25-23-29)37(4)35(38)41-26-28-16-10-7-11-17-28/h7-25,33-34H,26-27H2,1-6H3/t33-,34-/m1/s1. The van der Waals surface area contributed by atoms with Crippen molar-refractivity contribution in [3.8, 4) is 5.75 Å². The van der Waals surface area contributed by atoms with E-state index in [4.69, 9.17) is 18.6 Å². The van der Waals surface area contributed by atoms with Crippen LogP contribution in [-0.4, -0.2) is 53.3 Å². The van der Waals surface area contributed by atoms with Crippen LogP contribution in [0.1, 0.15) is 37.9 Å². The largest absolute Gasteiger partial charge is 0.497 e. The molecule has 0 fully saturated rings. The Kier molecular flexibility index (Phi) is 10.8. The third-order valence-electron chi connectivity index (χ3n) is 7.90. The summed E-state index contributed by atoms with van der Waals surface area (Å²) in [6.45, 7) is 7.17. The van der Waals surface area contributed by atoms with Gasteiger partial charge in [0.2, 0.25) is 0 Å². The summed E-state index contributed by atoms with van der Waals surface area (Å²) in [5, 5.41) is 2.16. The van der Waals surface area contributed by atoms with Crippen LogP contribution in [0.15, 0.2) is 115 Å². The minimum absolute atomic E-state index is 0.176. The molecule has 2 atom stereocenters. The number of carbonyl (C=O) groups is 1. The molecule has 0 heterocycles. The molecule has 0 N–H and O–H groups in total. The Labute approximate surface area is 257 Å². The second-order valence-electron chi connectivity index (χ2n) is 11.6. The van der Waals surface area contributed by atoms with Crippen LogP contribution < -0.4 is 15.1 Å². The Bertz CT molecular complexity index is 1370. The topological polar surface area (TPSA) is 57.2 Å². The van der Waals surface area contributed by atoms with Gasteiger partial charge in [-0.15, -0.1) is 0 Å². The summed E-state index contributed by atoms with van der Waals surface area (Å²) in [6.07, 6.45) is -0.943. The third-order valence-corrected chi connectivity index (χ3v) is 12.9. The third kappa shape index (κ3) is 7.36. The molecule has 0 radical (unpaired) electrons. The van der Waals surface area contributed by atoms with Gasteiger partial charge < -0.3 is 23.5 Å². The minimum atomic E-state index is -2.85. The normalized spacial score (nSPS) is 13.2. The van der Waals surface area contributed by atoms with E-state index in [1.807, 2.05) is 66.7 Å². The monoisotopic (exact) mass is 597 g/mol. The number of hydrogen-bond acceptors (Lipinski definition) is 5. The number of benzene rings is 4. The van der Waals surface area contributed by atoms with Gasteiger partial charge in [-0.3, -0.25) is 0 Å². The molecule has 43 heavy (non-hydrogen) atoms. The predicted octanol–water partition coefficient (Wildman–Crippen LogP) is 6.60. The summed E-state index contributed by atoms with van der Waals surface area (Å²) in [7, 11) is 2.20. The molecule has 226 valence electrons. The number of ether oxygens (including phenoxy) is 3. The summed E-state index contributed by atoms with van der Waals surface area (Å²) < 4.78 is 24.5. The molecule has 0 saturated heterocycles. The number of methoxy groups -OCH3 is 2. The first-order valence-electron chi connectivity index (χ1n) is 14.6. The molecule has 0 unspecified atom stereocenters. The summed E-state index contributed by atoms with van der Waals surface area (Å²) in [5.41, 5.74) is 1.81. The van der Waals surface area contributed by atoms with Crippen LogP contribution in [0.4, 0.5) is 4.79 Å². The van der Waals surface area contributed by atoms with E-state index in [1.54, 1.807) is 26.2 Å². The van der Waals surface area contributed by atoms with E-state index in [0.29, 0.717) is 0 Å². The van der Waals surface area contributed by atoms with Gasteiger partial charge in [-0.25, -0.2) is 4.79 Å². The fourth-order valence-electron chi connectivity index (χ4n) is 5.68. The van der Waals surface area contributed by atoms with Gasteiger partial charge in [-0.05, 0) is 38.7 Å². The molecule has 0 aromatic heterocycles. The van der Waals surface area contributed by atoms with Crippen molar-refractivity contribution in [1.82, 2.24) is 4.90 Å². The Hall–Kier alpha value is -3.91. The van der Waals surface area contributed by atoms with Crippen LogP contribution in [-0.2, 0) is 20.5 Å². The molecule has 0 bridgehead atoms. The van der Waals surface area contributed by atoms with Gasteiger partial charge in [0, 0.05) is 14.2 Å². The first kappa shape index (κ1) is 32.0. The molecule has 0 aliphatic carbocycles. The van der Waals surface area contributed by atoms with E-state index in [2.05, 4.69) is 69.3 Å². The molecule has 0 saturated carbocycles. The van der Waals surface area contributed by atoms with Gasteiger partial charge in [0.1, 0.15) is 18.5 Å². The van der Waals surface area contributed by atoms with Crippen LogP contribution in [0, 0.1) is 0 Å².